The lowest BCUT2D eigenvalue weighted by atomic mass is 10.4. The van der Waals surface area contributed by atoms with Gasteiger partial charge in [-0.15, -0.1) is 5.10 Å². The van der Waals surface area contributed by atoms with Crippen molar-refractivity contribution in [3.63, 3.8) is 0 Å². The number of piperazine rings is 1. The van der Waals surface area contributed by atoms with Gasteiger partial charge in [0.1, 0.15) is 0 Å². The van der Waals surface area contributed by atoms with Crippen LogP contribution in [-0.2, 0) is 0 Å². The summed E-state index contributed by atoms with van der Waals surface area (Å²) in [6.07, 6.45) is 1.75. The molecule has 2 aromatic rings. The molecule has 0 radical (unpaired) electrons. The van der Waals surface area contributed by atoms with Crippen molar-refractivity contribution >= 4 is 23.2 Å². The molecule has 0 saturated carbocycles. The quantitative estimate of drug-likeness (QED) is 0.877. The highest BCUT2D eigenvalue weighted by Gasteiger charge is 2.15. The largest absolute Gasteiger partial charge is 0.304 e. The van der Waals surface area contributed by atoms with Crippen LogP contribution in [0.25, 0.3) is 5.65 Å². The first kappa shape index (κ1) is 11.7. The Hall–Kier alpha value is -1.37. The fourth-order valence-corrected chi connectivity index (χ4v) is 2.12. The van der Waals surface area contributed by atoms with E-state index in [1.807, 2.05) is 12.1 Å². The Bertz CT molecular complexity index is 545. The molecular weight excluding hydrogens is 252 g/mol. The normalized spacial score (nSPS) is 18.3. The molecule has 0 aromatic carbocycles. The van der Waals surface area contributed by atoms with Gasteiger partial charge in [-0.3, -0.25) is 5.43 Å². The number of hydrazine groups is 1. The van der Waals surface area contributed by atoms with Gasteiger partial charge in [0.05, 0.1) is 5.02 Å². The molecule has 1 aliphatic rings. The number of nitrogens with zero attached hydrogens (tertiary/aromatic N) is 5. The molecule has 0 spiro atoms. The van der Waals surface area contributed by atoms with E-state index in [9.17, 15) is 0 Å². The van der Waals surface area contributed by atoms with Crippen LogP contribution >= 0.6 is 11.6 Å². The number of halogens is 1. The lowest BCUT2D eigenvalue weighted by molar-refractivity contribution is 0.178. The van der Waals surface area contributed by atoms with Crippen molar-refractivity contribution < 1.29 is 0 Å². The van der Waals surface area contributed by atoms with Gasteiger partial charge in [0.15, 0.2) is 5.65 Å². The van der Waals surface area contributed by atoms with E-state index in [0.717, 1.165) is 31.8 Å². The van der Waals surface area contributed by atoms with Crippen LogP contribution in [0.1, 0.15) is 0 Å². The Labute approximate surface area is 110 Å². The lowest BCUT2D eigenvalue weighted by Gasteiger charge is -2.31. The Morgan fingerprint density at radius 2 is 2.00 bits per heavy atom. The minimum Gasteiger partial charge on any atom is -0.304 e. The van der Waals surface area contributed by atoms with Crippen molar-refractivity contribution in [2.45, 2.75) is 0 Å². The molecular formula is C11H15ClN6. The average Bonchev–Trinajstić information content (AvgIpc) is 2.73. The summed E-state index contributed by atoms with van der Waals surface area (Å²) in [7, 11) is 2.13. The zero-order valence-electron chi connectivity index (χ0n) is 10.2. The summed E-state index contributed by atoms with van der Waals surface area (Å²) in [6.45, 7) is 4.03. The summed E-state index contributed by atoms with van der Waals surface area (Å²) in [4.78, 5) is 6.69. The maximum atomic E-state index is 5.91. The molecule has 96 valence electrons. The highest BCUT2D eigenvalue weighted by Crippen LogP contribution is 2.12. The maximum Gasteiger partial charge on any atom is 0.257 e. The third-order valence-electron chi connectivity index (χ3n) is 3.06. The average molecular weight is 267 g/mol. The number of pyridine rings is 1. The van der Waals surface area contributed by atoms with Gasteiger partial charge in [0, 0.05) is 32.4 Å². The van der Waals surface area contributed by atoms with Crippen molar-refractivity contribution in [2.24, 2.45) is 0 Å². The number of aromatic nitrogens is 3. The zero-order chi connectivity index (χ0) is 12.5. The molecule has 2 aromatic heterocycles. The van der Waals surface area contributed by atoms with Gasteiger partial charge in [0.2, 0.25) is 0 Å². The fourth-order valence-electron chi connectivity index (χ4n) is 1.97. The number of rotatable bonds is 2. The van der Waals surface area contributed by atoms with Crippen LogP contribution in [0.2, 0.25) is 5.02 Å². The molecule has 1 aliphatic heterocycles. The second-order valence-electron chi connectivity index (χ2n) is 4.49. The predicted molar refractivity (Wildman–Crippen MR) is 70.7 cm³/mol. The van der Waals surface area contributed by atoms with Crippen LogP contribution in [0.5, 0.6) is 0 Å². The Morgan fingerprint density at radius 1 is 1.22 bits per heavy atom. The molecule has 0 amide bonds. The third kappa shape index (κ3) is 2.40. The van der Waals surface area contributed by atoms with Gasteiger partial charge in [-0.2, -0.15) is 4.98 Å². The lowest BCUT2D eigenvalue weighted by Crippen LogP contribution is -2.47. The second kappa shape index (κ2) is 4.72. The van der Waals surface area contributed by atoms with E-state index in [0.29, 0.717) is 11.0 Å². The molecule has 7 heteroatoms. The topological polar surface area (TPSA) is 48.7 Å². The van der Waals surface area contributed by atoms with Crippen LogP contribution in [0.4, 0.5) is 5.95 Å². The zero-order valence-corrected chi connectivity index (χ0v) is 10.9. The van der Waals surface area contributed by atoms with E-state index in [1.54, 1.807) is 10.7 Å². The van der Waals surface area contributed by atoms with Crippen molar-refractivity contribution in [3.8, 4) is 0 Å². The fraction of sp³-hybridized carbons (Fsp3) is 0.455. The maximum absolute atomic E-state index is 5.91. The summed E-state index contributed by atoms with van der Waals surface area (Å²) in [6, 6.07) is 3.66. The number of anilines is 1. The van der Waals surface area contributed by atoms with Crippen LogP contribution in [-0.4, -0.2) is 57.7 Å². The number of likely N-dealkylation sites (N-methyl/N-ethyl adjacent to an activating group) is 1. The number of hydrogen-bond donors (Lipinski definition) is 1. The SMILES string of the molecule is CN1CCN(Nc2nc3ccc(Cl)cn3n2)CC1. The van der Waals surface area contributed by atoms with Crippen LogP contribution in [0, 0.1) is 0 Å². The van der Waals surface area contributed by atoms with E-state index >= 15 is 0 Å². The molecule has 1 N–H and O–H groups in total. The van der Waals surface area contributed by atoms with Gasteiger partial charge in [-0.1, -0.05) is 11.6 Å². The smallest absolute Gasteiger partial charge is 0.257 e. The molecule has 18 heavy (non-hydrogen) atoms. The Kier molecular flexibility index (Phi) is 3.07. The number of nitrogens with one attached hydrogen (secondary N) is 1. The molecule has 3 heterocycles. The summed E-state index contributed by atoms with van der Waals surface area (Å²) < 4.78 is 1.68. The highest BCUT2D eigenvalue weighted by molar-refractivity contribution is 6.30. The minimum absolute atomic E-state index is 0.613. The van der Waals surface area contributed by atoms with Crippen LogP contribution in [0.15, 0.2) is 18.3 Å². The molecule has 0 bridgehead atoms. The molecule has 6 nitrogen and oxygen atoms in total. The number of hydrogen-bond acceptors (Lipinski definition) is 5. The molecule has 0 atom stereocenters. The van der Waals surface area contributed by atoms with E-state index in [2.05, 4.69) is 32.5 Å². The van der Waals surface area contributed by atoms with Gasteiger partial charge < -0.3 is 4.90 Å². The third-order valence-corrected chi connectivity index (χ3v) is 3.28. The van der Waals surface area contributed by atoms with Crippen molar-refractivity contribution in [2.75, 3.05) is 38.7 Å². The van der Waals surface area contributed by atoms with Gasteiger partial charge >= 0.3 is 0 Å². The molecule has 1 saturated heterocycles. The molecule has 3 rings (SSSR count). The van der Waals surface area contributed by atoms with Gasteiger partial charge in [-0.05, 0) is 19.2 Å². The summed E-state index contributed by atoms with van der Waals surface area (Å²) in [5.41, 5.74) is 4.02. The number of fused-ring (bicyclic) bond motifs is 1. The standard InChI is InChI=1S/C11H15ClN6/c1-16-4-6-17(7-5-16)14-11-13-10-3-2-9(12)8-18(10)15-11/h2-3,8H,4-7H2,1H3,(H,14,15). The van der Waals surface area contributed by atoms with Crippen molar-refractivity contribution in [1.82, 2.24) is 24.5 Å². The Morgan fingerprint density at radius 3 is 2.78 bits per heavy atom. The first-order valence-corrected chi connectivity index (χ1v) is 6.30. The minimum atomic E-state index is 0.613. The predicted octanol–water partition coefficient (Wildman–Crippen LogP) is 0.957. The van der Waals surface area contributed by atoms with Gasteiger partial charge in [0.25, 0.3) is 5.95 Å². The molecule has 0 aliphatic carbocycles. The summed E-state index contributed by atoms with van der Waals surface area (Å²) >= 11 is 5.91. The molecule has 1 fully saturated rings. The van der Waals surface area contributed by atoms with Crippen molar-refractivity contribution in [3.05, 3.63) is 23.4 Å². The van der Waals surface area contributed by atoms with Crippen LogP contribution in [0.3, 0.4) is 0 Å². The first-order valence-electron chi connectivity index (χ1n) is 5.93. The van der Waals surface area contributed by atoms with Gasteiger partial charge in [-0.25, -0.2) is 9.52 Å². The van der Waals surface area contributed by atoms with E-state index in [4.69, 9.17) is 11.6 Å². The van der Waals surface area contributed by atoms with E-state index in [-0.39, 0.29) is 0 Å². The first-order chi connectivity index (χ1) is 8.70. The molecule has 0 unspecified atom stereocenters. The summed E-state index contributed by atoms with van der Waals surface area (Å²) in [5, 5.41) is 7.13. The highest BCUT2D eigenvalue weighted by atomic mass is 35.5. The summed E-state index contributed by atoms with van der Waals surface area (Å²) in [5.74, 6) is 0.613. The second-order valence-corrected chi connectivity index (χ2v) is 4.92. The van der Waals surface area contributed by atoms with E-state index in [1.165, 1.54) is 0 Å². The van der Waals surface area contributed by atoms with E-state index < -0.39 is 0 Å². The van der Waals surface area contributed by atoms with Crippen molar-refractivity contribution in [1.29, 1.82) is 0 Å². The van der Waals surface area contributed by atoms with Crippen LogP contribution < -0.4 is 5.43 Å². The monoisotopic (exact) mass is 266 g/mol. The Balaban J connectivity index is 1.74.